The maximum atomic E-state index is 12.0. The molecular weight excluding hydrogens is 360 g/mol. The van der Waals surface area contributed by atoms with Crippen molar-refractivity contribution in [3.63, 3.8) is 0 Å². The number of nitrogens with two attached hydrogens (primary N) is 1. The summed E-state index contributed by atoms with van der Waals surface area (Å²) in [6, 6.07) is 0. The first-order chi connectivity index (χ1) is 13.9. The third-order valence-corrected chi connectivity index (χ3v) is 4.36. The second-order valence-electron chi connectivity index (χ2n) is 6.71. The van der Waals surface area contributed by atoms with Crippen LogP contribution in [-0.2, 0) is 9.53 Å². The van der Waals surface area contributed by atoms with E-state index in [4.69, 9.17) is 10.5 Å². The predicted octanol–water partition coefficient (Wildman–Crippen LogP) is 5.99. The Kier molecular flexibility index (Phi) is 17.8. The van der Waals surface area contributed by atoms with Crippen LogP contribution in [0.3, 0.4) is 0 Å². The van der Waals surface area contributed by atoms with Crippen LogP contribution in [0.1, 0.15) is 61.3 Å². The van der Waals surface area contributed by atoms with Crippen molar-refractivity contribution in [2.24, 2.45) is 17.6 Å². The van der Waals surface area contributed by atoms with E-state index >= 15 is 0 Å². The van der Waals surface area contributed by atoms with Gasteiger partial charge in [0.15, 0.2) is 0 Å². The first kappa shape index (κ1) is 29.0. The molecule has 1 amide bonds. The van der Waals surface area contributed by atoms with Gasteiger partial charge in [-0.05, 0) is 49.5 Å². The van der Waals surface area contributed by atoms with Crippen molar-refractivity contribution in [1.82, 2.24) is 4.90 Å². The lowest BCUT2D eigenvalue weighted by molar-refractivity contribution is -0.136. The van der Waals surface area contributed by atoms with Crippen molar-refractivity contribution in [3.05, 3.63) is 60.6 Å². The Morgan fingerprint density at radius 1 is 1.10 bits per heavy atom. The topological polar surface area (TPSA) is 55.6 Å². The normalized spacial score (nSPS) is 15.6. The zero-order valence-corrected chi connectivity index (χ0v) is 19.8. The Hall–Kier alpha value is -2.23. The van der Waals surface area contributed by atoms with Crippen LogP contribution >= 0.6 is 0 Å². The Bertz CT molecular complexity index is 563. The molecule has 1 aliphatic heterocycles. The second kappa shape index (κ2) is 17.8. The number of amides is 1. The van der Waals surface area contributed by atoms with Crippen LogP contribution in [0.5, 0.6) is 0 Å². The average molecular weight is 405 g/mol. The molecule has 0 bridgehead atoms. The van der Waals surface area contributed by atoms with Crippen molar-refractivity contribution < 1.29 is 9.53 Å². The van der Waals surface area contributed by atoms with Gasteiger partial charge in [0.25, 0.3) is 0 Å². The number of nitrogens with zero attached hydrogens (tertiary/aromatic N) is 1. The van der Waals surface area contributed by atoms with E-state index in [1.165, 1.54) is 0 Å². The van der Waals surface area contributed by atoms with Gasteiger partial charge < -0.3 is 15.4 Å². The molecule has 0 atom stereocenters. The molecule has 4 nitrogen and oxygen atoms in total. The highest BCUT2D eigenvalue weighted by atomic mass is 16.5. The molecule has 1 rings (SSSR count). The molecule has 1 aliphatic rings. The first-order valence-corrected chi connectivity index (χ1v) is 10.9. The Morgan fingerprint density at radius 2 is 1.66 bits per heavy atom. The molecule has 0 aromatic rings. The molecular formula is C25H44N2O2. The highest BCUT2D eigenvalue weighted by Crippen LogP contribution is 2.20. The van der Waals surface area contributed by atoms with Gasteiger partial charge in [0, 0.05) is 24.7 Å². The number of carbonyl (C=O) groups is 1. The molecule has 1 heterocycles. The van der Waals surface area contributed by atoms with Gasteiger partial charge in [0.05, 0.1) is 6.61 Å². The number of likely N-dealkylation sites (tertiary alicyclic amines) is 1. The number of piperidine rings is 1. The largest absolute Gasteiger partial charge is 0.493 e. The summed E-state index contributed by atoms with van der Waals surface area (Å²) in [7, 11) is 0. The zero-order chi connectivity index (χ0) is 22.8. The minimum atomic E-state index is 0.0701. The monoisotopic (exact) mass is 404 g/mol. The van der Waals surface area contributed by atoms with E-state index in [1.54, 1.807) is 18.2 Å². The Morgan fingerprint density at radius 3 is 2.10 bits per heavy atom. The van der Waals surface area contributed by atoms with Crippen LogP contribution in [0.15, 0.2) is 60.6 Å². The lowest BCUT2D eigenvalue weighted by Gasteiger charge is -2.33. The van der Waals surface area contributed by atoms with Crippen molar-refractivity contribution in [3.8, 4) is 0 Å². The minimum Gasteiger partial charge on any atom is -0.493 e. The van der Waals surface area contributed by atoms with E-state index < -0.39 is 0 Å². The molecule has 0 aromatic carbocycles. The van der Waals surface area contributed by atoms with Gasteiger partial charge in [-0.3, -0.25) is 4.79 Å². The van der Waals surface area contributed by atoms with Gasteiger partial charge in [-0.2, -0.15) is 0 Å². The second-order valence-corrected chi connectivity index (χ2v) is 6.71. The molecule has 0 spiro atoms. The number of rotatable bonds is 8. The summed E-state index contributed by atoms with van der Waals surface area (Å²) in [5, 5.41) is 0. The number of ether oxygens (including phenoxy) is 1. The van der Waals surface area contributed by atoms with Crippen LogP contribution in [0.4, 0.5) is 0 Å². The van der Waals surface area contributed by atoms with Gasteiger partial charge in [-0.15, -0.1) is 0 Å². The van der Waals surface area contributed by atoms with Crippen LogP contribution in [0.25, 0.3) is 0 Å². The lowest BCUT2D eigenvalue weighted by atomic mass is 9.97. The summed E-state index contributed by atoms with van der Waals surface area (Å²) in [6.07, 6.45) is 10.9. The van der Waals surface area contributed by atoms with Gasteiger partial charge in [-0.25, -0.2) is 0 Å². The maximum absolute atomic E-state index is 12.0. The fraction of sp³-hybridized carbons (Fsp3) is 0.560. The fourth-order valence-corrected chi connectivity index (χ4v) is 2.64. The van der Waals surface area contributed by atoms with E-state index in [0.717, 1.165) is 37.3 Å². The molecule has 0 unspecified atom stereocenters. The fourth-order valence-electron chi connectivity index (χ4n) is 2.64. The third-order valence-electron chi connectivity index (χ3n) is 4.36. The minimum absolute atomic E-state index is 0.0701. The standard InChI is InChI=1S/C21H32N2O2.2C2H6/c1-6-8-20(22)17(5)9-10-19(7-2)25-15-18-11-13-23(14-12-18)21(24)16(3)4;2*1-2/h6-10,16,18H,1-2,11-15,22H2,3-5H3;2*1-2H3/b17-9+,19-10+,20-8-;;. The SMILES string of the molecule is C=C/C=C(N)/C(C)=C/C=C(\C=C)OCC1CCN(C(=O)C(C)C)CC1.CC.CC. The summed E-state index contributed by atoms with van der Waals surface area (Å²) in [6.45, 7) is 23.6. The number of allylic oxidation sites excluding steroid dienone is 6. The third kappa shape index (κ3) is 12.0. The quantitative estimate of drug-likeness (QED) is 0.399. The Labute approximate surface area is 179 Å². The van der Waals surface area contributed by atoms with E-state index in [1.807, 2.05) is 65.5 Å². The average Bonchev–Trinajstić information content (AvgIpc) is 2.76. The highest BCUT2D eigenvalue weighted by molar-refractivity contribution is 5.78. The number of hydrogen-bond acceptors (Lipinski definition) is 3. The molecule has 2 N–H and O–H groups in total. The van der Waals surface area contributed by atoms with Crippen LogP contribution in [0.2, 0.25) is 0 Å². The van der Waals surface area contributed by atoms with Crippen LogP contribution in [0, 0.1) is 11.8 Å². The van der Waals surface area contributed by atoms with E-state index in [2.05, 4.69) is 13.2 Å². The van der Waals surface area contributed by atoms with Gasteiger partial charge in [-0.1, -0.05) is 66.9 Å². The van der Waals surface area contributed by atoms with E-state index in [-0.39, 0.29) is 11.8 Å². The zero-order valence-electron chi connectivity index (χ0n) is 19.8. The van der Waals surface area contributed by atoms with Crippen molar-refractivity contribution in [2.75, 3.05) is 19.7 Å². The van der Waals surface area contributed by atoms with Gasteiger partial charge in [0.1, 0.15) is 5.76 Å². The molecule has 0 saturated carbocycles. The molecule has 0 radical (unpaired) electrons. The molecule has 0 aromatic heterocycles. The van der Waals surface area contributed by atoms with Crippen molar-refractivity contribution in [2.45, 2.75) is 61.3 Å². The number of carbonyl (C=O) groups excluding carboxylic acids is 1. The van der Waals surface area contributed by atoms with Crippen molar-refractivity contribution >= 4 is 5.91 Å². The van der Waals surface area contributed by atoms with Gasteiger partial charge in [0.2, 0.25) is 5.91 Å². The molecule has 0 aliphatic carbocycles. The molecule has 1 saturated heterocycles. The summed E-state index contributed by atoms with van der Waals surface area (Å²) >= 11 is 0. The van der Waals surface area contributed by atoms with Crippen LogP contribution in [-0.4, -0.2) is 30.5 Å². The van der Waals surface area contributed by atoms with E-state index in [0.29, 0.717) is 18.2 Å². The molecule has 1 fully saturated rings. The highest BCUT2D eigenvalue weighted by Gasteiger charge is 2.24. The smallest absolute Gasteiger partial charge is 0.225 e. The maximum Gasteiger partial charge on any atom is 0.225 e. The number of hydrogen-bond donors (Lipinski definition) is 1. The summed E-state index contributed by atoms with van der Waals surface area (Å²) < 4.78 is 5.88. The molecule has 29 heavy (non-hydrogen) atoms. The Balaban J connectivity index is 0. The summed E-state index contributed by atoms with van der Waals surface area (Å²) in [5.41, 5.74) is 7.52. The molecule has 166 valence electrons. The van der Waals surface area contributed by atoms with E-state index in [9.17, 15) is 4.79 Å². The summed E-state index contributed by atoms with van der Waals surface area (Å²) in [4.78, 5) is 14.0. The first-order valence-electron chi connectivity index (χ1n) is 10.9. The van der Waals surface area contributed by atoms with Gasteiger partial charge >= 0.3 is 0 Å². The van der Waals surface area contributed by atoms with Crippen molar-refractivity contribution in [1.29, 1.82) is 0 Å². The summed E-state index contributed by atoms with van der Waals surface area (Å²) in [5.74, 6) is 1.51. The lowest BCUT2D eigenvalue weighted by Crippen LogP contribution is -2.41. The molecule has 4 heteroatoms. The van der Waals surface area contributed by atoms with Crippen LogP contribution < -0.4 is 5.73 Å². The predicted molar refractivity (Wildman–Crippen MR) is 127 cm³/mol.